The van der Waals surface area contributed by atoms with Gasteiger partial charge in [-0.15, -0.1) is 12.4 Å². The fourth-order valence-electron chi connectivity index (χ4n) is 3.19. The lowest BCUT2D eigenvalue weighted by Crippen LogP contribution is -2.52. The Kier molecular flexibility index (Phi) is 6.08. The number of benzene rings is 2. The van der Waals surface area contributed by atoms with Gasteiger partial charge in [0.25, 0.3) is 0 Å². The van der Waals surface area contributed by atoms with Crippen molar-refractivity contribution >= 4 is 29.1 Å². The van der Waals surface area contributed by atoms with Gasteiger partial charge in [-0.2, -0.15) is 0 Å². The van der Waals surface area contributed by atoms with Crippen LogP contribution >= 0.6 is 12.4 Å². The largest absolute Gasteiger partial charge is 0.497 e. The number of carbonyl (C=O) groups is 1. The normalized spacial score (nSPS) is 18.8. The first-order valence-electron chi connectivity index (χ1n) is 8.18. The predicted octanol–water partition coefficient (Wildman–Crippen LogP) is 3.19. The Hall–Kier alpha value is -1.78. The van der Waals surface area contributed by atoms with Crippen molar-refractivity contribution in [1.82, 2.24) is 10.2 Å². The second kappa shape index (κ2) is 7.86. The van der Waals surface area contributed by atoms with Crippen LogP contribution in [0.15, 0.2) is 36.4 Å². The van der Waals surface area contributed by atoms with E-state index in [2.05, 4.69) is 30.4 Å². The molecule has 1 N–H and O–H groups in total. The average Bonchev–Trinajstić information content (AvgIpc) is 2.59. The van der Waals surface area contributed by atoms with Gasteiger partial charge < -0.3 is 15.0 Å². The van der Waals surface area contributed by atoms with Crippen LogP contribution in [0.3, 0.4) is 0 Å². The van der Waals surface area contributed by atoms with Gasteiger partial charge in [0, 0.05) is 25.7 Å². The molecule has 0 aromatic heterocycles. The van der Waals surface area contributed by atoms with Crippen molar-refractivity contribution in [3.63, 3.8) is 0 Å². The molecule has 0 spiro atoms. The van der Waals surface area contributed by atoms with E-state index in [4.69, 9.17) is 4.74 Å². The summed E-state index contributed by atoms with van der Waals surface area (Å²) in [6.45, 7) is 6.57. The molecule has 2 aromatic rings. The fraction of sp³-hybridized carbons (Fsp3) is 0.421. The van der Waals surface area contributed by atoms with Gasteiger partial charge in [0.2, 0.25) is 5.91 Å². The summed E-state index contributed by atoms with van der Waals surface area (Å²) in [5.74, 6) is 0.946. The highest BCUT2D eigenvalue weighted by molar-refractivity contribution is 5.88. The number of nitrogens with one attached hydrogen (secondary N) is 1. The molecule has 0 radical (unpaired) electrons. The number of carbonyl (C=O) groups excluding carboxylic acids is 1. The van der Waals surface area contributed by atoms with Crippen LogP contribution in [0.4, 0.5) is 0 Å². The van der Waals surface area contributed by atoms with Crippen molar-refractivity contribution < 1.29 is 9.53 Å². The van der Waals surface area contributed by atoms with Gasteiger partial charge in [0.05, 0.1) is 13.0 Å². The molecule has 1 heterocycles. The molecule has 0 aliphatic carbocycles. The standard InChI is InChI=1S/C19H24N2O2.ClH/c1-13-12-21(9-8-20-13)19(22)14(2)15-4-5-17-11-18(23-3)7-6-16(17)10-15;/h4-7,10-11,13-14,20H,8-9,12H2,1-3H3;1H. The number of ether oxygens (including phenoxy) is 1. The van der Waals surface area contributed by atoms with Gasteiger partial charge in [-0.3, -0.25) is 4.79 Å². The van der Waals surface area contributed by atoms with E-state index in [1.807, 2.05) is 30.0 Å². The molecule has 1 saturated heterocycles. The lowest BCUT2D eigenvalue weighted by atomic mass is 9.96. The lowest BCUT2D eigenvalue weighted by molar-refractivity contribution is -0.133. The van der Waals surface area contributed by atoms with E-state index >= 15 is 0 Å². The van der Waals surface area contributed by atoms with Crippen molar-refractivity contribution in [2.45, 2.75) is 25.8 Å². The molecule has 2 aromatic carbocycles. The molecule has 0 bridgehead atoms. The van der Waals surface area contributed by atoms with Gasteiger partial charge >= 0.3 is 0 Å². The molecular formula is C19H25ClN2O2. The highest BCUT2D eigenvalue weighted by Gasteiger charge is 2.25. The molecule has 1 amide bonds. The van der Waals surface area contributed by atoms with Crippen molar-refractivity contribution in [1.29, 1.82) is 0 Å². The Labute approximate surface area is 149 Å². The Morgan fingerprint density at radius 1 is 1.25 bits per heavy atom. The van der Waals surface area contributed by atoms with E-state index in [1.54, 1.807) is 7.11 Å². The van der Waals surface area contributed by atoms with E-state index in [1.165, 1.54) is 0 Å². The molecule has 5 heteroatoms. The summed E-state index contributed by atoms with van der Waals surface area (Å²) in [6.07, 6.45) is 0. The zero-order valence-corrected chi connectivity index (χ0v) is 15.2. The molecule has 1 fully saturated rings. The lowest BCUT2D eigenvalue weighted by Gasteiger charge is -2.33. The zero-order valence-electron chi connectivity index (χ0n) is 14.4. The molecule has 2 atom stereocenters. The second-order valence-electron chi connectivity index (χ2n) is 6.33. The number of piperazine rings is 1. The van der Waals surface area contributed by atoms with Crippen molar-refractivity contribution in [2.24, 2.45) is 0 Å². The highest BCUT2D eigenvalue weighted by atomic mass is 35.5. The summed E-state index contributed by atoms with van der Waals surface area (Å²) < 4.78 is 5.26. The first kappa shape index (κ1) is 18.6. The van der Waals surface area contributed by atoms with Crippen molar-refractivity contribution in [3.8, 4) is 5.75 Å². The summed E-state index contributed by atoms with van der Waals surface area (Å²) in [4.78, 5) is 14.7. The predicted molar refractivity (Wildman–Crippen MR) is 100 cm³/mol. The molecule has 0 saturated carbocycles. The smallest absolute Gasteiger partial charge is 0.229 e. The highest BCUT2D eigenvalue weighted by Crippen LogP contribution is 2.26. The number of methoxy groups -OCH3 is 1. The maximum absolute atomic E-state index is 12.8. The van der Waals surface area contributed by atoms with E-state index in [9.17, 15) is 4.79 Å². The third kappa shape index (κ3) is 3.82. The van der Waals surface area contributed by atoms with E-state index in [0.29, 0.717) is 6.04 Å². The van der Waals surface area contributed by atoms with Gasteiger partial charge in [-0.25, -0.2) is 0 Å². The minimum absolute atomic E-state index is 0. The molecule has 24 heavy (non-hydrogen) atoms. The number of amides is 1. The summed E-state index contributed by atoms with van der Waals surface area (Å²) in [6, 6.07) is 12.6. The van der Waals surface area contributed by atoms with Crippen LogP contribution in [0.1, 0.15) is 25.3 Å². The Morgan fingerprint density at radius 3 is 2.67 bits per heavy atom. The van der Waals surface area contributed by atoms with Gasteiger partial charge in [0.15, 0.2) is 0 Å². The van der Waals surface area contributed by atoms with E-state index in [-0.39, 0.29) is 24.2 Å². The molecule has 3 rings (SSSR count). The first-order chi connectivity index (χ1) is 11.1. The van der Waals surface area contributed by atoms with Crippen LogP contribution in [0, 0.1) is 0 Å². The minimum Gasteiger partial charge on any atom is -0.497 e. The Morgan fingerprint density at radius 2 is 1.96 bits per heavy atom. The van der Waals surface area contributed by atoms with Crippen LogP contribution in [0.2, 0.25) is 0 Å². The topological polar surface area (TPSA) is 41.6 Å². The number of halogens is 1. The van der Waals surface area contributed by atoms with Gasteiger partial charge in [0.1, 0.15) is 5.75 Å². The number of rotatable bonds is 3. The Balaban J connectivity index is 0.00000208. The summed E-state index contributed by atoms with van der Waals surface area (Å²) in [7, 11) is 1.67. The monoisotopic (exact) mass is 348 g/mol. The SMILES string of the molecule is COc1ccc2cc(C(C)C(=O)N3CCNC(C)C3)ccc2c1.Cl. The molecule has 2 unspecified atom stereocenters. The summed E-state index contributed by atoms with van der Waals surface area (Å²) in [5.41, 5.74) is 1.07. The number of hydrogen-bond acceptors (Lipinski definition) is 3. The molecular weight excluding hydrogens is 324 g/mol. The summed E-state index contributed by atoms with van der Waals surface area (Å²) in [5, 5.41) is 5.64. The third-order valence-corrected chi connectivity index (χ3v) is 4.62. The molecule has 1 aliphatic heterocycles. The number of nitrogens with zero attached hydrogens (tertiary/aromatic N) is 1. The minimum atomic E-state index is -0.119. The quantitative estimate of drug-likeness (QED) is 0.926. The fourth-order valence-corrected chi connectivity index (χ4v) is 3.19. The molecule has 130 valence electrons. The maximum Gasteiger partial charge on any atom is 0.229 e. The zero-order chi connectivity index (χ0) is 16.4. The van der Waals surface area contributed by atoms with Crippen molar-refractivity contribution in [3.05, 3.63) is 42.0 Å². The second-order valence-corrected chi connectivity index (χ2v) is 6.33. The van der Waals surface area contributed by atoms with Gasteiger partial charge in [-0.1, -0.05) is 24.3 Å². The van der Waals surface area contributed by atoms with E-state index in [0.717, 1.165) is 41.7 Å². The van der Waals surface area contributed by atoms with Crippen LogP contribution in [0.25, 0.3) is 10.8 Å². The molecule has 1 aliphatic rings. The van der Waals surface area contributed by atoms with Crippen LogP contribution in [0.5, 0.6) is 5.75 Å². The number of fused-ring (bicyclic) bond motifs is 1. The maximum atomic E-state index is 12.8. The Bertz CT molecular complexity index is 720. The first-order valence-corrected chi connectivity index (χ1v) is 8.18. The van der Waals surface area contributed by atoms with E-state index < -0.39 is 0 Å². The molecule has 4 nitrogen and oxygen atoms in total. The third-order valence-electron chi connectivity index (χ3n) is 4.62. The summed E-state index contributed by atoms with van der Waals surface area (Å²) >= 11 is 0. The van der Waals surface area contributed by atoms with Gasteiger partial charge in [-0.05, 0) is 42.3 Å². The van der Waals surface area contributed by atoms with Crippen molar-refractivity contribution in [2.75, 3.05) is 26.7 Å². The van der Waals surface area contributed by atoms with Crippen LogP contribution in [-0.4, -0.2) is 43.6 Å². The van der Waals surface area contributed by atoms with Crippen LogP contribution < -0.4 is 10.1 Å². The number of hydrogen-bond donors (Lipinski definition) is 1. The van der Waals surface area contributed by atoms with Crippen LogP contribution in [-0.2, 0) is 4.79 Å². The average molecular weight is 349 g/mol.